The van der Waals surface area contributed by atoms with E-state index in [1.54, 1.807) is 18.3 Å². The van der Waals surface area contributed by atoms with Gasteiger partial charge in [0, 0.05) is 19.2 Å². The van der Waals surface area contributed by atoms with Gasteiger partial charge in [0.1, 0.15) is 5.82 Å². The number of pyridine rings is 1. The van der Waals surface area contributed by atoms with E-state index in [9.17, 15) is 9.59 Å². The van der Waals surface area contributed by atoms with Crippen molar-refractivity contribution in [2.45, 2.75) is 26.7 Å². The minimum absolute atomic E-state index is 0.0183. The van der Waals surface area contributed by atoms with Gasteiger partial charge in [-0.1, -0.05) is 13.8 Å². The lowest BCUT2D eigenvalue weighted by Crippen LogP contribution is -2.22. The van der Waals surface area contributed by atoms with E-state index in [0.717, 1.165) is 6.42 Å². The lowest BCUT2D eigenvalue weighted by Gasteiger charge is -2.18. The summed E-state index contributed by atoms with van der Waals surface area (Å²) in [5.41, 5.74) is 5.58. The third kappa shape index (κ3) is 5.26. The van der Waals surface area contributed by atoms with Crippen LogP contribution in [-0.2, 0) is 4.79 Å². The molecule has 0 fully saturated rings. The lowest BCUT2D eigenvalue weighted by atomic mass is 9.94. The number of primary amides is 1. The largest absolute Gasteiger partial charge is 0.481 e. The second-order valence-electron chi connectivity index (χ2n) is 5.24. The number of aromatic nitrogens is 1. The molecule has 0 bridgehead atoms. The van der Waals surface area contributed by atoms with E-state index in [2.05, 4.69) is 10.3 Å². The third-order valence-corrected chi connectivity index (χ3v) is 2.90. The van der Waals surface area contributed by atoms with Crippen LogP contribution >= 0.6 is 0 Å². The summed E-state index contributed by atoms with van der Waals surface area (Å²) in [6, 6.07) is 3.22. The summed E-state index contributed by atoms with van der Waals surface area (Å²) in [6.07, 6.45) is 2.44. The van der Waals surface area contributed by atoms with Crippen LogP contribution in [-0.4, -0.2) is 28.5 Å². The zero-order valence-corrected chi connectivity index (χ0v) is 11.8. The van der Waals surface area contributed by atoms with E-state index in [-0.39, 0.29) is 12.3 Å². The molecule has 0 aliphatic carbocycles. The molecule has 1 rings (SSSR count). The van der Waals surface area contributed by atoms with E-state index in [1.807, 2.05) is 13.8 Å². The molecule has 0 saturated carbocycles. The van der Waals surface area contributed by atoms with Crippen molar-refractivity contribution < 1.29 is 14.7 Å². The number of nitrogens with zero attached hydrogens (tertiary/aromatic N) is 1. The summed E-state index contributed by atoms with van der Waals surface area (Å²) in [6.45, 7) is 4.54. The van der Waals surface area contributed by atoms with Gasteiger partial charge in [0.15, 0.2) is 0 Å². The molecule has 0 radical (unpaired) electrons. The molecule has 1 aromatic rings. The Morgan fingerprint density at radius 1 is 1.45 bits per heavy atom. The first kappa shape index (κ1) is 15.9. The van der Waals surface area contributed by atoms with Crippen LogP contribution in [0.5, 0.6) is 0 Å². The number of hydrogen-bond acceptors (Lipinski definition) is 4. The Hall–Kier alpha value is -2.11. The van der Waals surface area contributed by atoms with Crippen LogP contribution in [0.2, 0.25) is 0 Å². The van der Waals surface area contributed by atoms with Crippen molar-refractivity contribution in [1.29, 1.82) is 0 Å². The van der Waals surface area contributed by atoms with Crippen LogP contribution in [0.4, 0.5) is 5.82 Å². The average Bonchev–Trinajstić information content (AvgIpc) is 2.34. The van der Waals surface area contributed by atoms with Gasteiger partial charge in [0.2, 0.25) is 0 Å². The normalized spacial score (nSPS) is 12.2. The van der Waals surface area contributed by atoms with Crippen molar-refractivity contribution in [3.8, 4) is 0 Å². The number of carbonyl (C=O) groups excluding carboxylic acids is 1. The SMILES string of the molecule is CC(C)CC(CNc1ncccc1C(N)=O)CC(=O)O. The summed E-state index contributed by atoms with van der Waals surface area (Å²) in [4.78, 5) is 26.2. The molecular weight excluding hydrogens is 258 g/mol. The van der Waals surface area contributed by atoms with E-state index in [1.165, 1.54) is 0 Å². The fraction of sp³-hybridized carbons (Fsp3) is 0.500. The predicted octanol–water partition coefficient (Wildman–Crippen LogP) is 1.73. The van der Waals surface area contributed by atoms with Crippen LogP contribution in [0.1, 0.15) is 37.0 Å². The van der Waals surface area contributed by atoms with Gasteiger partial charge in [-0.15, -0.1) is 0 Å². The molecule has 1 amide bonds. The quantitative estimate of drug-likeness (QED) is 0.672. The second kappa shape index (κ2) is 7.47. The van der Waals surface area contributed by atoms with Crippen LogP contribution < -0.4 is 11.1 Å². The molecule has 1 heterocycles. The van der Waals surface area contributed by atoms with Gasteiger partial charge in [-0.25, -0.2) is 4.98 Å². The smallest absolute Gasteiger partial charge is 0.303 e. The van der Waals surface area contributed by atoms with Crippen LogP contribution in [0.15, 0.2) is 18.3 Å². The minimum atomic E-state index is -0.825. The lowest BCUT2D eigenvalue weighted by molar-refractivity contribution is -0.138. The highest BCUT2D eigenvalue weighted by Crippen LogP contribution is 2.18. The van der Waals surface area contributed by atoms with E-state index >= 15 is 0 Å². The second-order valence-corrected chi connectivity index (χ2v) is 5.24. The summed E-state index contributed by atoms with van der Waals surface area (Å²) in [5, 5.41) is 11.9. The Kier molecular flexibility index (Phi) is 5.96. The molecule has 20 heavy (non-hydrogen) atoms. The molecule has 6 nitrogen and oxygen atoms in total. The number of rotatable bonds is 8. The molecular formula is C14H21N3O3. The van der Waals surface area contributed by atoms with Gasteiger partial charge in [0.25, 0.3) is 5.91 Å². The topological polar surface area (TPSA) is 105 Å². The van der Waals surface area contributed by atoms with Crippen molar-refractivity contribution in [3.05, 3.63) is 23.9 Å². The number of carbonyl (C=O) groups is 2. The number of hydrogen-bond donors (Lipinski definition) is 3. The number of nitrogens with two attached hydrogens (primary N) is 1. The molecule has 1 unspecified atom stereocenters. The van der Waals surface area contributed by atoms with Crippen LogP contribution in [0.25, 0.3) is 0 Å². The minimum Gasteiger partial charge on any atom is -0.481 e. The Labute approximate surface area is 118 Å². The van der Waals surface area contributed by atoms with Crippen molar-refractivity contribution in [3.63, 3.8) is 0 Å². The molecule has 0 spiro atoms. The fourth-order valence-electron chi connectivity index (χ4n) is 2.14. The highest BCUT2D eigenvalue weighted by Gasteiger charge is 2.16. The first-order valence-electron chi connectivity index (χ1n) is 6.60. The summed E-state index contributed by atoms with van der Waals surface area (Å²) < 4.78 is 0. The number of carboxylic acids is 1. The standard InChI is InChI=1S/C14H21N3O3/c1-9(2)6-10(7-12(18)19)8-17-14-11(13(15)20)4-3-5-16-14/h3-5,9-10H,6-8H2,1-2H3,(H2,15,20)(H,16,17)(H,18,19). The molecule has 0 aliphatic heterocycles. The number of anilines is 1. The Morgan fingerprint density at radius 3 is 2.70 bits per heavy atom. The van der Waals surface area contributed by atoms with E-state index in [4.69, 9.17) is 10.8 Å². The molecule has 0 aromatic carbocycles. The Balaban J connectivity index is 2.71. The zero-order valence-electron chi connectivity index (χ0n) is 11.8. The molecule has 0 saturated heterocycles. The monoisotopic (exact) mass is 279 g/mol. The highest BCUT2D eigenvalue weighted by atomic mass is 16.4. The van der Waals surface area contributed by atoms with Crippen molar-refractivity contribution in [1.82, 2.24) is 4.98 Å². The summed E-state index contributed by atoms with van der Waals surface area (Å²) in [5.74, 6) is -0.595. The average molecular weight is 279 g/mol. The maximum atomic E-state index is 11.3. The number of carboxylic acid groups (broad SMARTS) is 1. The predicted molar refractivity (Wildman–Crippen MR) is 76.4 cm³/mol. The van der Waals surface area contributed by atoms with Gasteiger partial charge < -0.3 is 16.2 Å². The molecule has 4 N–H and O–H groups in total. The molecule has 110 valence electrons. The van der Waals surface area contributed by atoms with Crippen LogP contribution in [0.3, 0.4) is 0 Å². The zero-order chi connectivity index (χ0) is 15.1. The Bertz CT molecular complexity index is 474. The number of aliphatic carboxylic acids is 1. The molecule has 1 atom stereocenters. The maximum Gasteiger partial charge on any atom is 0.303 e. The van der Waals surface area contributed by atoms with Crippen LogP contribution in [0, 0.1) is 11.8 Å². The van der Waals surface area contributed by atoms with E-state index in [0.29, 0.717) is 23.8 Å². The van der Waals surface area contributed by atoms with Crippen molar-refractivity contribution in [2.24, 2.45) is 17.6 Å². The third-order valence-electron chi connectivity index (χ3n) is 2.90. The first-order valence-corrected chi connectivity index (χ1v) is 6.60. The summed E-state index contributed by atoms with van der Waals surface area (Å²) in [7, 11) is 0. The number of nitrogens with one attached hydrogen (secondary N) is 1. The van der Waals surface area contributed by atoms with Gasteiger partial charge in [0.05, 0.1) is 5.56 Å². The highest BCUT2D eigenvalue weighted by molar-refractivity contribution is 5.97. The van der Waals surface area contributed by atoms with Gasteiger partial charge in [-0.05, 0) is 30.4 Å². The molecule has 6 heteroatoms. The molecule has 1 aromatic heterocycles. The van der Waals surface area contributed by atoms with Crippen molar-refractivity contribution in [2.75, 3.05) is 11.9 Å². The maximum absolute atomic E-state index is 11.3. The van der Waals surface area contributed by atoms with Crippen molar-refractivity contribution >= 4 is 17.7 Å². The number of amides is 1. The van der Waals surface area contributed by atoms with E-state index < -0.39 is 11.9 Å². The first-order chi connectivity index (χ1) is 9.40. The summed E-state index contributed by atoms with van der Waals surface area (Å²) >= 11 is 0. The van der Waals surface area contributed by atoms with Gasteiger partial charge >= 0.3 is 5.97 Å². The van der Waals surface area contributed by atoms with Gasteiger partial charge in [-0.3, -0.25) is 9.59 Å². The van der Waals surface area contributed by atoms with Gasteiger partial charge in [-0.2, -0.15) is 0 Å². The Morgan fingerprint density at radius 2 is 2.15 bits per heavy atom. The molecule has 0 aliphatic rings. The fourth-order valence-corrected chi connectivity index (χ4v) is 2.14.